The van der Waals surface area contributed by atoms with Gasteiger partial charge in [-0.15, -0.1) is 0 Å². The quantitative estimate of drug-likeness (QED) is 0.845. The summed E-state index contributed by atoms with van der Waals surface area (Å²) in [5.74, 6) is 0.943. The molecule has 0 N–H and O–H groups in total. The van der Waals surface area contributed by atoms with E-state index >= 15 is 0 Å². The van der Waals surface area contributed by atoms with Crippen LogP contribution in [0, 0.1) is 0 Å². The van der Waals surface area contributed by atoms with Crippen LogP contribution in [0.25, 0.3) is 0 Å². The largest absolute Gasteiger partial charge is 0.497 e. The van der Waals surface area contributed by atoms with Crippen molar-refractivity contribution in [3.63, 3.8) is 0 Å². The molecule has 2 heterocycles. The van der Waals surface area contributed by atoms with Gasteiger partial charge in [-0.25, -0.2) is 0 Å². The summed E-state index contributed by atoms with van der Waals surface area (Å²) >= 11 is 0. The van der Waals surface area contributed by atoms with Gasteiger partial charge in [0.1, 0.15) is 5.75 Å². The molecule has 4 nitrogen and oxygen atoms in total. The molecule has 3 rings (SSSR count). The van der Waals surface area contributed by atoms with Crippen molar-refractivity contribution in [2.45, 2.75) is 24.8 Å². The minimum absolute atomic E-state index is 0.420. The van der Waals surface area contributed by atoms with Gasteiger partial charge in [-0.05, 0) is 64.1 Å². The third-order valence-electron chi connectivity index (χ3n) is 5.85. The molecule has 2 saturated heterocycles. The lowest BCUT2D eigenvalue weighted by Crippen LogP contribution is -2.63. The minimum atomic E-state index is 0.420. The van der Waals surface area contributed by atoms with Crippen LogP contribution in [0.1, 0.15) is 18.4 Å². The number of hydrogen-bond acceptors (Lipinski definition) is 4. The summed E-state index contributed by atoms with van der Waals surface area (Å²) in [7, 11) is 6.31. The number of ether oxygens (including phenoxy) is 1. The number of piperazine rings is 1. The van der Waals surface area contributed by atoms with Crippen molar-refractivity contribution in [1.82, 2.24) is 14.7 Å². The summed E-state index contributed by atoms with van der Waals surface area (Å²) in [4.78, 5) is 7.76. The summed E-state index contributed by atoms with van der Waals surface area (Å²) in [6.07, 6.45) is 3.74. The Balaban J connectivity index is 1.49. The molecule has 0 saturated carbocycles. The summed E-state index contributed by atoms with van der Waals surface area (Å²) in [6, 6.07) is 8.50. The topological polar surface area (TPSA) is 19.0 Å². The highest BCUT2D eigenvalue weighted by atomic mass is 16.5. The van der Waals surface area contributed by atoms with Crippen molar-refractivity contribution >= 4 is 0 Å². The zero-order valence-corrected chi connectivity index (χ0v) is 14.9. The first-order valence-corrected chi connectivity index (χ1v) is 8.86. The molecule has 0 aromatic heterocycles. The van der Waals surface area contributed by atoms with Gasteiger partial charge in [-0.2, -0.15) is 0 Å². The molecule has 23 heavy (non-hydrogen) atoms. The zero-order chi connectivity index (χ0) is 16.3. The van der Waals surface area contributed by atoms with Gasteiger partial charge >= 0.3 is 0 Å². The monoisotopic (exact) mass is 317 g/mol. The van der Waals surface area contributed by atoms with Gasteiger partial charge in [-0.1, -0.05) is 12.1 Å². The van der Waals surface area contributed by atoms with E-state index < -0.39 is 0 Å². The van der Waals surface area contributed by atoms with Crippen LogP contribution in [-0.4, -0.2) is 80.7 Å². The lowest BCUT2D eigenvalue weighted by atomic mass is 9.84. The molecule has 1 aromatic carbocycles. The highest BCUT2D eigenvalue weighted by molar-refractivity contribution is 5.27. The highest BCUT2D eigenvalue weighted by Crippen LogP contribution is 2.31. The Kier molecular flexibility index (Phi) is 5.24. The van der Waals surface area contributed by atoms with Crippen LogP contribution in [-0.2, 0) is 6.42 Å². The second-order valence-corrected chi connectivity index (χ2v) is 7.32. The van der Waals surface area contributed by atoms with E-state index in [0.29, 0.717) is 5.54 Å². The van der Waals surface area contributed by atoms with Gasteiger partial charge in [-0.3, -0.25) is 4.90 Å². The lowest BCUT2D eigenvalue weighted by Gasteiger charge is -2.52. The molecule has 128 valence electrons. The molecular weight excluding hydrogens is 286 g/mol. The van der Waals surface area contributed by atoms with Crippen LogP contribution in [0.3, 0.4) is 0 Å². The van der Waals surface area contributed by atoms with E-state index in [0.717, 1.165) is 12.2 Å². The van der Waals surface area contributed by atoms with Crippen LogP contribution < -0.4 is 4.74 Å². The molecule has 0 aliphatic carbocycles. The van der Waals surface area contributed by atoms with E-state index in [1.807, 2.05) is 0 Å². The van der Waals surface area contributed by atoms with Gasteiger partial charge in [0.2, 0.25) is 0 Å². The Labute approximate surface area is 141 Å². The lowest BCUT2D eigenvalue weighted by molar-refractivity contribution is -0.0187. The molecule has 0 unspecified atom stereocenters. The van der Waals surface area contributed by atoms with Crippen molar-refractivity contribution in [2.75, 3.05) is 60.5 Å². The predicted octanol–water partition coefficient (Wildman–Crippen LogP) is 1.95. The predicted molar refractivity (Wildman–Crippen MR) is 95.2 cm³/mol. The Morgan fingerprint density at radius 3 is 2.35 bits per heavy atom. The first kappa shape index (κ1) is 16.7. The number of hydrogen-bond donors (Lipinski definition) is 0. The maximum atomic E-state index is 5.23. The van der Waals surface area contributed by atoms with Gasteiger partial charge in [0.05, 0.1) is 7.11 Å². The molecule has 1 spiro atoms. The Morgan fingerprint density at radius 2 is 1.70 bits per heavy atom. The zero-order valence-electron chi connectivity index (χ0n) is 14.9. The van der Waals surface area contributed by atoms with E-state index in [2.05, 4.69) is 53.1 Å². The van der Waals surface area contributed by atoms with E-state index in [4.69, 9.17) is 4.74 Å². The van der Waals surface area contributed by atoms with Crippen LogP contribution in [0.5, 0.6) is 5.75 Å². The van der Waals surface area contributed by atoms with Crippen LogP contribution in [0.2, 0.25) is 0 Å². The molecule has 0 bridgehead atoms. The summed E-state index contributed by atoms with van der Waals surface area (Å²) < 4.78 is 5.23. The number of benzene rings is 1. The fraction of sp³-hybridized carbons (Fsp3) is 0.684. The summed E-state index contributed by atoms with van der Waals surface area (Å²) in [5, 5.41) is 0. The molecule has 2 aliphatic heterocycles. The maximum Gasteiger partial charge on any atom is 0.118 e. The number of rotatable bonds is 4. The van der Waals surface area contributed by atoms with Crippen LogP contribution in [0.15, 0.2) is 24.3 Å². The first-order valence-electron chi connectivity index (χ1n) is 8.86. The number of methoxy groups -OCH3 is 1. The van der Waals surface area contributed by atoms with Crippen LogP contribution >= 0.6 is 0 Å². The fourth-order valence-corrected chi connectivity index (χ4v) is 4.07. The summed E-state index contributed by atoms with van der Waals surface area (Å²) in [5.41, 5.74) is 1.82. The average Bonchev–Trinajstić information content (AvgIpc) is 2.58. The summed E-state index contributed by atoms with van der Waals surface area (Å²) in [6.45, 7) is 7.28. The second-order valence-electron chi connectivity index (χ2n) is 7.32. The van der Waals surface area contributed by atoms with Gasteiger partial charge in [0.15, 0.2) is 0 Å². The van der Waals surface area contributed by atoms with E-state index in [1.165, 1.54) is 57.7 Å². The van der Waals surface area contributed by atoms with Crippen molar-refractivity contribution in [3.05, 3.63) is 29.8 Å². The second kappa shape index (κ2) is 7.20. The molecule has 0 radical (unpaired) electrons. The Bertz CT molecular complexity index is 494. The van der Waals surface area contributed by atoms with E-state index in [9.17, 15) is 0 Å². The van der Waals surface area contributed by atoms with Gasteiger partial charge in [0.25, 0.3) is 0 Å². The van der Waals surface area contributed by atoms with Gasteiger partial charge < -0.3 is 14.5 Å². The average molecular weight is 317 g/mol. The molecular formula is C19H31N3O. The standard InChI is InChI=1S/C19H31N3O/c1-20-14-15-21(2)19(16-20)9-12-22(13-10-19)11-8-17-4-6-18(23-3)7-5-17/h4-7H,8-16H2,1-3H3. The molecule has 0 atom stereocenters. The number of nitrogens with zero attached hydrogens (tertiary/aromatic N) is 3. The first-order chi connectivity index (χ1) is 11.1. The smallest absolute Gasteiger partial charge is 0.118 e. The normalized spacial score (nSPS) is 23.3. The minimum Gasteiger partial charge on any atom is -0.497 e. The third kappa shape index (κ3) is 3.87. The molecule has 2 aliphatic rings. The highest BCUT2D eigenvalue weighted by Gasteiger charge is 2.40. The molecule has 4 heteroatoms. The fourth-order valence-electron chi connectivity index (χ4n) is 4.07. The van der Waals surface area contributed by atoms with Gasteiger partial charge in [0, 0.05) is 31.7 Å². The van der Waals surface area contributed by atoms with E-state index in [1.54, 1.807) is 7.11 Å². The SMILES string of the molecule is COc1ccc(CCN2CCC3(CC2)CN(C)CCN3C)cc1. The van der Waals surface area contributed by atoms with Crippen LogP contribution in [0.4, 0.5) is 0 Å². The maximum absolute atomic E-state index is 5.23. The van der Waals surface area contributed by atoms with Crippen molar-refractivity contribution < 1.29 is 4.74 Å². The molecule has 2 fully saturated rings. The van der Waals surface area contributed by atoms with E-state index in [-0.39, 0.29) is 0 Å². The number of piperidine rings is 1. The number of likely N-dealkylation sites (tertiary alicyclic amines) is 1. The Morgan fingerprint density at radius 1 is 1.00 bits per heavy atom. The van der Waals surface area contributed by atoms with Crippen molar-refractivity contribution in [3.8, 4) is 5.75 Å². The van der Waals surface area contributed by atoms with Crippen molar-refractivity contribution in [1.29, 1.82) is 0 Å². The molecule has 1 aromatic rings. The Hall–Kier alpha value is -1.10. The number of likely N-dealkylation sites (N-methyl/N-ethyl adjacent to an activating group) is 2. The molecule has 0 amide bonds. The van der Waals surface area contributed by atoms with Crippen molar-refractivity contribution in [2.24, 2.45) is 0 Å². The third-order valence-corrected chi connectivity index (χ3v) is 5.85.